The van der Waals surface area contributed by atoms with Crippen LogP contribution in [0.15, 0.2) is 24.4 Å². The standard InChI is InChI=1S/C15H21N3O/c19-15(7-4-12-3-1-2-9-17-12)18-13-5-6-14(18)11-16-10-8-13/h1-3,9,13-14,16H,4-8,10-11H2. The molecule has 2 saturated heterocycles. The third-order valence-corrected chi connectivity index (χ3v) is 4.26. The summed E-state index contributed by atoms with van der Waals surface area (Å²) in [6.45, 7) is 2.01. The lowest BCUT2D eigenvalue weighted by atomic mass is 10.1. The smallest absolute Gasteiger partial charge is 0.223 e. The summed E-state index contributed by atoms with van der Waals surface area (Å²) in [5, 5.41) is 3.43. The van der Waals surface area contributed by atoms with Crippen LogP contribution in [0.4, 0.5) is 0 Å². The molecule has 3 rings (SSSR count). The van der Waals surface area contributed by atoms with Gasteiger partial charge in [0.25, 0.3) is 0 Å². The molecule has 2 aliphatic rings. The largest absolute Gasteiger partial charge is 0.335 e. The first-order valence-electron chi connectivity index (χ1n) is 7.26. The topological polar surface area (TPSA) is 45.2 Å². The molecule has 4 nitrogen and oxygen atoms in total. The van der Waals surface area contributed by atoms with Crippen molar-refractivity contribution in [1.29, 1.82) is 0 Å². The van der Waals surface area contributed by atoms with Gasteiger partial charge in [-0.15, -0.1) is 0 Å². The number of hydrogen-bond donors (Lipinski definition) is 1. The third kappa shape index (κ3) is 2.78. The molecule has 0 saturated carbocycles. The SMILES string of the molecule is O=C(CCc1ccccn1)N1C2CCNCC1CC2. The van der Waals surface area contributed by atoms with Crippen LogP contribution in [-0.2, 0) is 11.2 Å². The first kappa shape index (κ1) is 12.6. The van der Waals surface area contributed by atoms with Crippen LogP contribution in [0.25, 0.3) is 0 Å². The maximum absolute atomic E-state index is 12.5. The number of aryl methyl sites for hydroxylation is 1. The van der Waals surface area contributed by atoms with Gasteiger partial charge in [-0.1, -0.05) is 6.07 Å². The number of carbonyl (C=O) groups is 1. The van der Waals surface area contributed by atoms with Gasteiger partial charge in [0.2, 0.25) is 5.91 Å². The first-order chi connectivity index (χ1) is 9.34. The minimum absolute atomic E-state index is 0.307. The molecule has 0 aliphatic carbocycles. The second-order valence-electron chi connectivity index (χ2n) is 5.50. The van der Waals surface area contributed by atoms with Crippen LogP contribution in [0.5, 0.6) is 0 Å². The molecule has 0 spiro atoms. The van der Waals surface area contributed by atoms with Crippen molar-refractivity contribution in [3.63, 3.8) is 0 Å². The fraction of sp³-hybridized carbons (Fsp3) is 0.600. The molecule has 2 aliphatic heterocycles. The third-order valence-electron chi connectivity index (χ3n) is 4.26. The zero-order chi connectivity index (χ0) is 13.1. The Hall–Kier alpha value is -1.42. The predicted octanol–water partition coefficient (Wildman–Crippen LogP) is 1.37. The van der Waals surface area contributed by atoms with Crippen LogP contribution >= 0.6 is 0 Å². The average molecular weight is 259 g/mol. The molecule has 2 unspecified atom stereocenters. The predicted molar refractivity (Wildman–Crippen MR) is 73.7 cm³/mol. The Bertz CT molecular complexity index is 420. The normalized spacial score (nSPS) is 26.2. The number of fused-ring (bicyclic) bond motifs is 2. The number of hydrogen-bond acceptors (Lipinski definition) is 3. The number of nitrogens with one attached hydrogen (secondary N) is 1. The van der Waals surface area contributed by atoms with E-state index in [0.717, 1.165) is 38.0 Å². The molecule has 3 heterocycles. The minimum atomic E-state index is 0.307. The summed E-state index contributed by atoms with van der Waals surface area (Å²) in [7, 11) is 0. The number of aromatic nitrogens is 1. The molecule has 19 heavy (non-hydrogen) atoms. The van der Waals surface area contributed by atoms with E-state index in [1.807, 2.05) is 18.2 Å². The van der Waals surface area contributed by atoms with Crippen molar-refractivity contribution in [2.75, 3.05) is 13.1 Å². The molecule has 0 radical (unpaired) electrons. The molecule has 1 N–H and O–H groups in total. The molecule has 102 valence electrons. The van der Waals surface area contributed by atoms with Gasteiger partial charge >= 0.3 is 0 Å². The van der Waals surface area contributed by atoms with Crippen LogP contribution in [0, 0.1) is 0 Å². The van der Waals surface area contributed by atoms with Crippen LogP contribution < -0.4 is 5.32 Å². The Balaban J connectivity index is 1.61. The van der Waals surface area contributed by atoms with E-state index >= 15 is 0 Å². The summed E-state index contributed by atoms with van der Waals surface area (Å²) >= 11 is 0. The Morgan fingerprint density at radius 1 is 1.32 bits per heavy atom. The molecule has 1 aromatic heterocycles. The number of rotatable bonds is 3. The molecule has 4 heteroatoms. The van der Waals surface area contributed by atoms with Gasteiger partial charge in [-0.05, 0) is 44.4 Å². The highest BCUT2D eigenvalue weighted by atomic mass is 16.2. The summed E-state index contributed by atoms with van der Waals surface area (Å²) in [5.41, 5.74) is 1.01. The lowest BCUT2D eigenvalue weighted by Gasteiger charge is -2.28. The van der Waals surface area contributed by atoms with E-state index in [4.69, 9.17) is 0 Å². The molecule has 2 atom stereocenters. The fourth-order valence-corrected chi connectivity index (χ4v) is 3.30. The van der Waals surface area contributed by atoms with E-state index < -0.39 is 0 Å². The number of pyridine rings is 1. The lowest BCUT2D eigenvalue weighted by Crippen LogP contribution is -2.42. The monoisotopic (exact) mass is 259 g/mol. The number of carbonyl (C=O) groups excluding carboxylic acids is 1. The van der Waals surface area contributed by atoms with Crippen molar-refractivity contribution in [2.24, 2.45) is 0 Å². The van der Waals surface area contributed by atoms with Crippen molar-refractivity contribution in [2.45, 2.75) is 44.2 Å². The average Bonchev–Trinajstić information content (AvgIpc) is 2.71. The zero-order valence-electron chi connectivity index (χ0n) is 11.2. The van der Waals surface area contributed by atoms with Crippen LogP contribution in [0.1, 0.15) is 31.4 Å². The summed E-state index contributed by atoms with van der Waals surface area (Å²) in [5.74, 6) is 0.307. The number of amides is 1. The first-order valence-corrected chi connectivity index (χ1v) is 7.26. The molecule has 1 amide bonds. The van der Waals surface area contributed by atoms with Crippen molar-refractivity contribution in [3.05, 3.63) is 30.1 Å². The Morgan fingerprint density at radius 3 is 3.05 bits per heavy atom. The van der Waals surface area contributed by atoms with Gasteiger partial charge in [0, 0.05) is 36.9 Å². The van der Waals surface area contributed by atoms with E-state index in [1.165, 1.54) is 6.42 Å². The van der Waals surface area contributed by atoms with Crippen LogP contribution in [-0.4, -0.2) is 41.0 Å². The summed E-state index contributed by atoms with van der Waals surface area (Å²) < 4.78 is 0. The van der Waals surface area contributed by atoms with Gasteiger partial charge in [-0.3, -0.25) is 9.78 Å². The Labute approximate surface area is 114 Å². The van der Waals surface area contributed by atoms with Crippen molar-refractivity contribution >= 4 is 5.91 Å². The Morgan fingerprint density at radius 2 is 2.21 bits per heavy atom. The molecular weight excluding hydrogens is 238 g/mol. The van der Waals surface area contributed by atoms with Gasteiger partial charge in [0.15, 0.2) is 0 Å². The Kier molecular flexibility index (Phi) is 3.78. The second kappa shape index (κ2) is 5.70. The van der Waals surface area contributed by atoms with Crippen molar-refractivity contribution < 1.29 is 4.79 Å². The van der Waals surface area contributed by atoms with Gasteiger partial charge < -0.3 is 10.2 Å². The van der Waals surface area contributed by atoms with E-state index in [9.17, 15) is 4.79 Å². The van der Waals surface area contributed by atoms with Crippen molar-refractivity contribution in [3.8, 4) is 0 Å². The van der Waals surface area contributed by atoms with Gasteiger partial charge in [0.05, 0.1) is 0 Å². The quantitative estimate of drug-likeness (QED) is 0.891. The number of nitrogens with zero attached hydrogens (tertiary/aromatic N) is 2. The van der Waals surface area contributed by atoms with E-state index in [0.29, 0.717) is 24.4 Å². The maximum atomic E-state index is 12.5. The molecule has 1 aromatic rings. The lowest BCUT2D eigenvalue weighted by molar-refractivity contribution is -0.133. The summed E-state index contributed by atoms with van der Waals surface area (Å²) in [6.07, 6.45) is 6.58. The van der Waals surface area contributed by atoms with Crippen LogP contribution in [0.3, 0.4) is 0 Å². The highest BCUT2D eigenvalue weighted by Crippen LogP contribution is 2.28. The van der Waals surface area contributed by atoms with Gasteiger partial charge in [-0.2, -0.15) is 0 Å². The summed E-state index contributed by atoms with van der Waals surface area (Å²) in [4.78, 5) is 18.9. The molecular formula is C15H21N3O. The molecule has 0 aromatic carbocycles. The van der Waals surface area contributed by atoms with Gasteiger partial charge in [-0.25, -0.2) is 0 Å². The second-order valence-corrected chi connectivity index (χ2v) is 5.50. The maximum Gasteiger partial charge on any atom is 0.223 e. The minimum Gasteiger partial charge on any atom is -0.335 e. The zero-order valence-corrected chi connectivity index (χ0v) is 11.2. The van der Waals surface area contributed by atoms with E-state index in [2.05, 4.69) is 15.2 Å². The summed E-state index contributed by atoms with van der Waals surface area (Å²) in [6, 6.07) is 6.77. The fourth-order valence-electron chi connectivity index (χ4n) is 3.30. The van der Waals surface area contributed by atoms with Crippen molar-refractivity contribution in [1.82, 2.24) is 15.2 Å². The van der Waals surface area contributed by atoms with Crippen LogP contribution in [0.2, 0.25) is 0 Å². The molecule has 2 fully saturated rings. The van der Waals surface area contributed by atoms with E-state index in [1.54, 1.807) is 6.20 Å². The molecule has 2 bridgehead atoms. The van der Waals surface area contributed by atoms with E-state index in [-0.39, 0.29) is 0 Å². The van der Waals surface area contributed by atoms with Gasteiger partial charge in [0.1, 0.15) is 0 Å². The highest BCUT2D eigenvalue weighted by Gasteiger charge is 2.37. The highest BCUT2D eigenvalue weighted by molar-refractivity contribution is 5.77.